The number of hydrogen-bond donors (Lipinski definition) is 1. The van der Waals surface area contributed by atoms with E-state index in [9.17, 15) is 0 Å². The second-order valence-corrected chi connectivity index (χ2v) is 6.45. The molecule has 1 aliphatic carbocycles. The molecule has 1 aromatic rings. The topological polar surface area (TPSA) is 21.3 Å². The minimum atomic E-state index is 0.418. The van der Waals surface area contributed by atoms with Crippen LogP contribution < -0.4 is 10.1 Å². The van der Waals surface area contributed by atoms with Crippen molar-refractivity contribution in [2.75, 3.05) is 13.7 Å². The van der Waals surface area contributed by atoms with Crippen LogP contribution >= 0.6 is 0 Å². The first-order valence-corrected chi connectivity index (χ1v) is 8.02. The lowest BCUT2D eigenvalue weighted by Crippen LogP contribution is -2.33. The highest BCUT2D eigenvalue weighted by Crippen LogP contribution is 2.41. The molecule has 1 N–H and O–H groups in total. The van der Waals surface area contributed by atoms with E-state index in [1.54, 1.807) is 7.11 Å². The van der Waals surface area contributed by atoms with Gasteiger partial charge in [-0.05, 0) is 49.6 Å². The van der Waals surface area contributed by atoms with E-state index >= 15 is 0 Å². The van der Waals surface area contributed by atoms with Gasteiger partial charge in [0, 0.05) is 11.6 Å². The van der Waals surface area contributed by atoms with Crippen molar-refractivity contribution in [3.05, 3.63) is 29.8 Å². The van der Waals surface area contributed by atoms with Crippen LogP contribution in [0.3, 0.4) is 0 Å². The fourth-order valence-electron chi connectivity index (χ4n) is 3.96. The Hall–Kier alpha value is -1.02. The van der Waals surface area contributed by atoms with E-state index in [2.05, 4.69) is 50.4 Å². The smallest absolute Gasteiger partial charge is 0.123 e. The van der Waals surface area contributed by atoms with Gasteiger partial charge in [0.25, 0.3) is 0 Å². The first kappa shape index (κ1) is 15.4. The van der Waals surface area contributed by atoms with Crippen molar-refractivity contribution in [3.63, 3.8) is 0 Å². The fourth-order valence-corrected chi connectivity index (χ4v) is 3.96. The van der Waals surface area contributed by atoms with Gasteiger partial charge in [0.05, 0.1) is 7.11 Å². The molecule has 2 nitrogen and oxygen atoms in total. The molecule has 2 heteroatoms. The van der Waals surface area contributed by atoms with Gasteiger partial charge in [-0.1, -0.05) is 39.0 Å². The van der Waals surface area contributed by atoms with E-state index < -0.39 is 0 Å². The summed E-state index contributed by atoms with van der Waals surface area (Å²) in [6, 6.07) is 8.89. The fraction of sp³-hybridized carbons (Fsp3) is 0.667. The maximum absolute atomic E-state index is 5.58. The van der Waals surface area contributed by atoms with E-state index in [1.165, 1.54) is 24.8 Å². The molecule has 0 radical (unpaired) electrons. The van der Waals surface area contributed by atoms with Crippen molar-refractivity contribution in [2.45, 2.75) is 46.1 Å². The number of rotatable bonds is 5. The molecule has 0 aliphatic heterocycles. The molecule has 1 fully saturated rings. The first-order valence-electron chi connectivity index (χ1n) is 8.02. The summed E-state index contributed by atoms with van der Waals surface area (Å²) >= 11 is 0. The molecule has 1 aromatic carbocycles. The Morgan fingerprint density at radius 3 is 2.40 bits per heavy atom. The van der Waals surface area contributed by atoms with Gasteiger partial charge in [-0.3, -0.25) is 0 Å². The summed E-state index contributed by atoms with van der Waals surface area (Å²) in [5.41, 5.74) is 1.32. The predicted molar refractivity (Wildman–Crippen MR) is 85.1 cm³/mol. The van der Waals surface area contributed by atoms with Gasteiger partial charge in [0.2, 0.25) is 0 Å². The second kappa shape index (κ2) is 7.12. The van der Waals surface area contributed by atoms with Crippen molar-refractivity contribution in [2.24, 2.45) is 17.8 Å². The van der Waals surface area contributed by atoms with Crippen LogP contribution in [-0.2, 0) is 0 Å². The van der Waals surface area contributed by atoms with Crippen molar-refractivity contribution in [1.29, 1.82) is 0 Å². The van der Waals surface area contributed by atoms with Gasteiger partial charge in [-0.2, -0.15) is 0 Å². The Morgan fingerprint density at radius 2 is 1.80 bits per heavy atom. The molecule has 0 spiro atoms. The SMILES string of the molecule is CCNC(c1ccccc1OC)C1CC(C)CC(C)C1. The standard InChI is InChI=1S/C18H29NO/c1-5-19-18(15-11-13(2)10-14(3)12-15)16-8-6-7-9-17(16)20-4/h6-9,13-15,18-19H,5,10-12H2,1-4H3. The molecule has 0 heterocycles. The number of hydrogen-bond acceptors (Lipinski definition) is 2. The summed E-state index contributed by atoms with van der Waals surface area (Å²) in [6.07, 6.45) is 4.02. The van der Waals surface area contributed by atoms with Crippen LogP contribution in [0.5, 0.6) is 5.75 Å². The van der Waals surface area contributed by atoms with Crippen molar-refractivity contribution < 1.29 is 4.74 Å². The first-order chi connectivity index (χ1) is 9.65. The van der Waals surface area contributed by atoms with E-state index in [-0.39, 0.29) is 0 Å². The monoisotopic (exact) mass is 275 g/mol. The van der Waals surface area contributed by atoms with Gasteiger partial charge in [0.15, 0.2) is 0 Å². The zero-order valence-electron chi connectivity index (χ0n) is 13.4. The summed E-state index contributed by atoms with van der Waals surface area (Å²) in [7, 11) is 1.77. The largest absolute Gasteiger partial charge is 0.496 e. The zero-order valence-corrected chi connectivity index (χ0v) is 13.4. The molecule has 0 amide bonds. The van der Waals surface area contributed by atoms with Crippen LogP contribution in [0, 0.1) is 17.8 Å². The lowest BCUT2D eigenvalue weighted by Gasteiger charge is -2.37. The normalized spacial score (nSPS) is 28.1. The molecular weight excluding hydrogens is 246 g/mol. The average molecular weight is 275 g/mol. The Balaban J connectivity index is 2.25. The van der Waals surface area contributed by atoms with Crippen LogP contribution in [0.1, 0.15) is 51.6 Å². The highest BCUT2D eigenvalue weighted by atomic mass is 16.5. The third kappa shape index (κ3) is 3.54. The third-order valence-corrected chi connectivity index (χ3v) is 4.58. The van der Waals surface area contributed by atoms with E-state index in [0.29, 0.717) is 12.0 Å². The molecule has 112 valence electrons. The van der Waals surface area contributed by atoms with Crippen LogP contribution in [-0.4, -0.2) is 13.7 Å². The lowest BCUT2D eigenvalue weighted by atomic mass is 9.72. The summed E-state index contributed by atoms with van der Waals surface area (Å²) in [4.78, 5) is 0. The molecule has 1 saturated carbocycles. The Labute approximate surface area is 123 Å². The van der Waals surface area contributed by atoms with Crippen molar-refractivity contribution >= 4 is 0 Å². The van der Waals surface area contributed by atoms with E-state index in [4.69, 9.17) is 4.74 Å². The molecule has 1 aliphatic rings. The quantitative estimate of drug-likeness (QED) is 0.859. The maximum atomic E-state index is 5.58. The lowest BCUT2D eigenvalue weighted by molar-refractivity contribution is 0.175. The van der Waals surface area contributed by atoms with Crippen LogP contribution in [0.2, 0.25) is 0 Å². The molecule has 20 heavy (non-hydrogen) atoms. The van der Waals surface area contributed by atoms with Crippen LogP contribution in [0.15, 0.2) is 24.3 Å². The number of benzene rings is 1. The number of methoxy groups -OCH3 is 1. The Morgan fingerprint density at radius 1 is 1.15 bits per heavy atom. The minimum absolute atomic E-state index is 0.418. The molecule has 3 unspecified atom stereocenters. The van der Waals surface area contributed by atoms with Gasteiger partial charge >= 0.3 is 0 Å². The highest BCUT2D eigenvalue weighted by molar-refractivity contribution is 5.36. The Bertz CT molecular complexity index is 408. The summed E-state index contributed by atoms with van der Waals surface area (Å²) in [5, 5.41) is 3.70. The van der Waals surface area contributed by atoms with Crippen molar-refractivity contribution in [3.8, 4) is 5.75 Å². The Kier molecular flexibility index (Phi) is 5.47. The third-order valence-electron chi connectivity index (χ3n) is 4.58. The number of ether oxygens (including phenoxy) is 1. The summed E-state index contributed by atoms with van der Waals surface area (Å²) in [5.74, 6) is 3.40. The molecule has 0 aromatic heterocycles. The van der Waals surface area contributed by atoms with Crippen molar-refractivity contribution in [1.82, 2.24) is 5.32 Å². The summed E-state index contributed by atoms with van der Waals surface area (Å²) in [6.45, 7) is 7.99. The highest BCUT2D eigenvalue weighted by Gasteiger charge is 2.31. The van der Waals surface area contributed by atoms with E-state index in [1.807, 2.05) is 0 Å². The maximum Gasteiger partial charge on any atom is 0.123 e. The number of para-hydroxylation sites is 1. The van der Waals surface area contributed by atoms with Crippen LogP contribution in [0.4, 0.5) is 0 Å². The molecule has 0 bridgehead atoms. The van der Waals surface area contributed by atoms with Gasteiger partial charge < -0.3 is 10.1 Å². The molecule has 2 rings (SSSR count). The van der Waals surface area contributed by atoms with Gasteiger partial charge in [-0.15, -0.1) is 0 Å². The molecule has 3 atom stereocenters. The minimum Gasteiger partial charge on any atom is -0.496 e. The average Bonchev–Trinajstić information content (AvgIpc) is 2.43. The van der Waals surface area contributed by atoms with Gasteiger partial charge in [0.1, 0.15) is 5.75 Å². The predicted octanol–water partition coefficient (Wildman–Crippen LogP) is 4.42. The van der Waals surface area contributed by atoms with Gasteiger partial charge in [-0.25, -0.2) is 0 Å². The second-order valence-electron chi connectivity index (χ2n) is 6.45. The number of nitrogens with one attached hydrogen (secondary N) is 1. The zero-order chi connectivity index (χ0) is 14.5. The molecule has 0 saturated heterocycles. The van der Waals surface area contributed by atoms with E-state index in [0.717, 1.165) is 24.1 Å². The van der Waals surface area contributed by atoms with Crippen LogP contribution in [0.25, 0.3) is 0 Å². The summed E-state index contributed by atoms with van der Waals surface area (Å²) < 4.78 is 5.58. The molecular formula is C18H29NO.